The van der Waals surface area contributed by atoms with Crippen LogP contribution in [-0.2, 0) is 6.42 Å². The molecule has 0 bridgehead atoms. The van der Waals surface area contributed by atoms with Gasteiger partial charge < -0.3 is 0 Å². The third-order valence-corrected chi connectivity index (χ3v) is 2.74. The lowest BCUT2D eigenvalue weighted by Gasteiger charge is -2.01. The van der Waals surface area contributed by atoms with Crippen LogP contribution in [0, 0.1) is 0 Å². The van der Waals surface area contributed by atoms with Gasteiger partial charge in [-0.15, -0.1) is 18.3 Å². The first-order chi connectivity index (χ1) is 6.22. The van der Waals surface area contributed by atoms with Gasteiger partial charge in [0.1, 0.15) is 0 Å². The maximum atomic E-state index is 3.90. The van der Waals surface area contributed by atoms with E-state index in [9.17, 15) is 0 Å². The molecule has 0 radical (unpaired) electrons. The fraction of sp³-hybridized carbons (Fsp3) is 0.333. The van der Waals surface area contributed by atoms with Crippen LogP contribution in [-0.4, -0.2) is 6.26 Å². The Morgan fingerprint density at radius 3 is 2.38 bits per heavy atom. The summed E-state index contributed by atoms with van der Waals surface area (Å²) < 4.78 is 0. The first kappa shape index (κ1) is 10.4. The van der Waals surface area contributed by atoms with Crippen molar-refractivity contribution in [2.24, 2.45) is 0 Å². The van der Waals surface area contributed by atoms with Crippen molar-refractivity contribution in [3.63, 3.8) is 0 Å². The van der Waals surface area contributed by atoms with Gasteiger partial charge in [-0.25, -0.2) is 0 Å². The molecule has 1 rings (SSSR count). The molecular weight excluding hydrogens is 176 g/mol. The second-order valence-corrected chi connectivity index (χ2v) is 4.18. The van der Waals surface area contributed by atoms with Gasteiger partial charge in [-0.2, -0.15) is 0 Å². The highest BCUT2D eigenvalue weighted by Crippen LogP contribution is 2.16. The van der Waals surface area contributed by atoms with E-state index in [1.165, 1.54) is 16.0 Å². The van der Waals surface area contributed by atoms with Gasteiger partial charge in [-0.05, 0) is 43.7 Å². The number of hydrogen-bond acceptors (Lipinski definition) is 1. The summed E-state index contributed by atoms with van der Waals surface area (Å²) in [5.74, 6) is 0. The third kappa shape index (κ3) is 3.69. The largest absolute Gasteiger partial charge is 0.130 e. The van der Waals surface area contributed by atoms with Crippen LogP contribution < -0.4 is 0 Å². The topological polar surface area (TPSA) is 0 Å². The van der Waals surface area contributed by atoms with E-state index in [0.717, 1.165) is 12.8 Å². The molecule has 0 aliphatic heterocycles. The fourth-order valence-corrected chi connectivity index (χ4v) is 1.56. The van der Waals surface area contributed by atoms with E-state index in [1.807, 2.05) is 0 Å². The summed E-state index contributed by atoms with van der Waals surface area (Å²) in [5, 5.41) is 0. The number of thioether (sulfide) groups is 1. The van der Waals surface area contributed by atoms with Crippen molar-refractivity contribution in [1.82, 2.24) is 0 Å². The maximum Gasteiger partial charge on any atom is 0.00693 e. The molecule has 0 unspecified atom stereocenters. The highest BCUT2D eigenvalue weighted by molar-refractivity contribution is 7.98. The molecule has 0 saturated carbocycles. The summed E-state index contributed by atoms with van der Waals surface area (Å²) in [4.78, 5) is 1.33. The van der Waals surface area contributed by atoms with Crippen molar-refractivity contribution in [2.45, 2.75) is 24.7 Å². The first-order valence-corrected chi connectivity index (χ1v) is 5.72. The van der Waals surface area contributed by atoms with E-state index in [-0.39, 0.29) is 0 Å². The molecule has 0 nitrogen and oxygen atoms in total. The van der Waals surface area contributed by atoms with E-state index < -0.39 is 0 Å². The molecule has 0 amide bonds. The van der Waals surface area contributed by atoms with Gasteiger partial charge in [0, 0.05) is 4.90 Å². The number of benzene rings is 1. The van der Waals surface area contributed by atoms with Crippen LogP contribution in [0.1, 0.15) is 18.9 Å². The molecule has 70 valence electrons. The second-order valence-electron chi connectivity index (χ2n) is 3.31. The Morgan fingerprint density at radius 1 is 1.31 bits per heavy atom. The molecule has 0 heterocycles. The van der Waals surface area contributed by atoms with Crippen LogP contribution in [0.2, 0.25) is 0 Å². The van der Waals surface area contributed by atoms with Crippen LogP contribution >= 0.6 is 11.8 Å². The Morgan fingerprint density at radius 2 is 1.92 bits per heavy atom. The molecule has 0 aliphatic rings. The second kappa shape index (κ2) is 5.13. The average Bonchev–Trinajstić information content (AvgIpc) is 2.15. The Labute approximate surface area is 85.1 Å². The standard InChI is InChI=1S/C12H16S/c1-10(2)4-5-11-6-8-12(13-3)9-7-11/h6-9H,1,4-5H2,2-3H3. The Balaban J connectivity index is 2.54. The maximum absolute atomic E-state index is 3.90. The molecule has 0 spiro atoms. The van der Waals surface area contributed by atoms with Crippen molar-refractivity contribution >= 4 is 11.8 Å². The summed E-state index contributed by atoms with van der Waals surface area (Å²) in [5.41, 5.74) is 2.66. The lowest BCUT2D eigenvalue weighted by atomic mass is 10.1. The van der Waals surface area contributed by atoms with E-state index in [0.29, 0.717) is 0 Å². The SMILES string of the molecule is C=C(C)CCc1ccc(SC)cc1. The highest BCUT2D eigenvalue weighted by Gasteiger charge is 1.93. The van der Waals surface area contributed by atoms with Crippen LogP contribution in [0.4, 0.5) is 0 Å². The fourth-order valence-electron chi connectivity index (χ4n) is 1.15. The molecule has 0 aliphatic carbocycles. The number of aryl methyl sites for hydroxylation is 1. The molecule has 0 fully saturated rings. The first-order valence-electron chi connectivity index (χ1n) is 4.49. The monoisotopic (exact) mass is 192 g/mol. The summed E-state index contributed by atoms with van der Waals surface area (Å²) in [6.07, 6.45) is 4.31. The number of allylic oxidation sites excluding steroid dienone is 1. The van der Waals surface area contributed by atoms with Crippen molar-refractivity contribution in [3.8, 4) is 0 Å². The zero-order valence-corrected chi connectivity index (χ0v) is 9.16. The minimum atomic E-state index is 1.10. The van der Waals surface area contributed by atoms with E-state index in [4.69, 9.17) is 0 Å². The number of hydrogen-bond donors (Lipinski definition) is 0. The van der Waals surface area contributed by atoms with Gasteiger partial charge in [0.05, 0.1) is 0 Å². The van der Waals surface area contributed by atoms with Gasteiger partial charge in [0.15, 0.2) is 0 Å². The summed E-state index contributed by atoms with van der Waals surface area (Å²) in [7, 11) is 0. The van der Waals surface area contributed by atoms with Crippen molar-refractivity contribution < 1.29 is 0 Å². The molecule has 1 aromatic carbocycles. The van der Waals surface area contributed by atoms with Crippen molar-refractivity contribution in [2.75, 3.05) is 6.26 Å². The van der Waals surface area contributed by atoms with Gasteiger partial charge in [-0.1, -0.05) is 17.7 Å². The van der Waals surface area contributed by atoms with Gasteiger partial charge >= 0.3 is 0 Å². The van der Waals surface area contributed by atoms with Crippen molar-refractivity contribution in [3.05, 3.63) is 42.0 Å². The number of rotatable bonds is 4. The van der Waals surface area contributed by atoms with E-state index in [2.05, 4.69) is 44.0 Å². The van der Waals surface area contributed by atoms with Gasteiger partial charge in [0.25, 0.3) is 0 Å². The van der Waals surface area contributed by atoms with Gasteiger partial charge in [-0.3, -0.25) is 0 Å². The molecule has 0 aromatic heterocycles. The van der Waals surface area contributed by atoms with Crippen LogP contribution in [0.5, 0.6) is 0 Å². The molecule has 0 atom stereocenters. The van der Waals surface area contributed by atoms with Crippen LogP contribution in [0.15, 0.2) is 41.3 Å². The Hall–Kier alpha value is -0.690. The zero-order valence-electron chi connectivity index (χ0n) is 8.34. The van der Waals surface area contributed by atoms with E-state index >= 15 is 0 Å². The minimum absolute atomic E-state index is 1.10. The Bertz CT molecular complexity index is 272. The molecule has 1 heteroatoms. The minimum Gasteiger partial charge on any atom is -0.130 e. The molecule has 1 aromatic rings. The van der Waals surface area contributed by atoms with Crippen molar-refractivity contribution in [1.29, 1.82) is 0 Å². The van der Waals surface area contributed by atoms with Crippen LogP contribution in [0.3, 0.4) is 0 Å². The highest BCUT2D eigenvalue weighted by atomic mass is 32.2. The zero-order chi connectivity index (χ0) is 9.68. The summed E-state index contributed by atoms with van der Waals surface area (Å²) in [6, 6.07) is 8.76. The average molecular weight is 192 g/mol. The summed E-state index contributed by atoms with van der Waals surface area (Å²) in [6.45, 7) is 5.98. The smallest absolute Gasteiger partial charge is 0.00693 e. The third-order valence-electron chi connectivity index (χ3n) is 2.00. The van der Waals surface area contributed by atoms with Gasteiger partial charge in [0.2, 0.25) is 0 Å². The lowest BCUT2D eigenvalue weighted by Crippen LogP contribution is -1.85. The normalized spacial score (nSPS) is 10.0. The predicted octanol–water partition coefficient (Wildman–Crippen LogP) is 3.92. The van der Waals surface area contributed by atoms with Crippen LogP contribution in [0.25, 0.3) is 0 Å². The van der Waals surface area contributed by atoms with E-state index in [1.54, 1.807) is 11.8 Å². The quantitative estimate of drug-likeness (QED) is 0.514. The Kier molecular flexibility index (Phi) is 4.10. The molecule has 0 saturated heterocycles. The summed E-state index contributed by atoms with van der Waals surface area (Å²) >= 11 is 1.78. The predicted molar refractivity (Wildman–Crippen MR) is 61.4 cm³/mol. The molecule has 0 N–H and O–H groups in total. The molecular formula is C12H16S. The molecule has 13 heavy (non-hydrogen) atoms. The lowest BCUT2D eigenvalue weighted by molar-refractivity contribution is 0.944.